The fourth-order valence-electron chi connectivity index (χ4n) is 2.04. The minimum absolute atomic E-state index is 0.0172. The fraction of sp³-hybridized carbons (Fsp3) is 0.812. The maximum Gasteiger partial charge on any atom is 0.247 e. The molecule has 0 saturated carbocycles. The van der Waals surface area contributed by atoms with Gasteiger partial charge in [-0.3, -0.25) is 9.69 Å². The van der Waals surface area contributed by atoms with Crippen LogP contribution in [0.3, 0.4) is 0 Å². The Labute approximate surface area is 119 Å². The maximum atomic E-state index is 11.8. The van der Waals surface area contributed by atoms with Gasteiger partial charge in [-0.25, -0.2) is 0 Å². The van der Waals surface area contributed by atoms with Gasteiger partial charge in [-0.1, -0.05) is 46.6 Å². The summed E-state index contributed by atoms with van der Waals surface area (Å²) in [5.74, 6) is -0.0172. The average molecular weight is 268 g/mol. The Bertz CT molecular complexity index is 255. The molecule has 0 saturated heterocycles. The van der Waals surface area contributed by atoms with Crippen LogP contribution in [0.1, 0.15) is 66.2 Å². The molecule has 0 radical (unpaired) electrons. The van der Waals surface area contributed by atoms with Gasteiger partial charge in [0.25, 0.3) is 0 Å². The summed E-state index contributed by atoms with van der Waals surface area (Å²) in [7, 11) is 0. The number of rotatable bonds is 11. The molecule has 0 aliphatic heterocycles. The number of hydrogen-bond acceptors (Lipinski definition) is 2. The first-order chi connectivity index (χ1) is 9.06. The monoisotopic (exact) mass is 268 g/mol. The summed E-state index contributed by atoms with van der Waals surface area (Å²) < 4.78 is 0. The lowest BCUT2D eigenvalue weighted by molar-refractivity contribution is -0.119. The minimum Gasteiger partial charge on any atom is -0.337 e. The van der Waals surface area contributed by atoms with Gasteiger partial charge in [-0.15, -0.1) is 0 Å². The average Bonchev–Trinajstić information content (AvgIpc) is 2.38. The molecule has 0 aromatic carbocycles. The van der Waals surface area contributed by atoms with E-state index in [0.717, 1.165) is 25.9 Å². The van der Waals surface area contributed by atoms with Crippen LogP contribution in [-0.4, -0.2) is 30.1 Å². The fourth-order valence-corrected chi connectivity index (χ4v) is 2.04. The van der Waals surface area contributed by atoms with Crippen LogP contribution in [0.4, 0.5) is 0 Å². The van der Waals surface area contributed by atoms with Crippen LogP contribution in [0, 0.1) is 0 Å². The summed E-state index contributed by atoms with van der Waals surface area (Å²) in [5.41, 5.74) is 0.590. The van der Waals surface area contributed by atoms with Crippen LogP contribution < -0.4 is 5.32 Å². The third-order valence-corrected chi connectivity index (χ3v) is 3.29. The molecule has 1 amide bonds. The van der Waals surface area contributed by atoms with Gasteiger partial charge in [0, 0.05) is 18.7 Å². The summed E-state index contributed by atoms with van der Waals surface area (Å²) in [6.07, 6.45) is 7.00. The Morgan fingerprint density at radius 3 is 2.00 bits per heavy atom. The van der Waals surface area contributed by atoms with Gasteiger partial charge >= 0.3 is 0 Å². The predicted octanol–water partition coefficient (Wildman–Crippen LogP) is 3.71. The molecule has 3 heteroatoms. The van der Waals surface area contributed by atoms with Gasteiger partial charge in [0.2, 0.25) is 5.91 Å². The van der Waals surface area contributed by atoms with E-state index in [2.05, 4.69) is 37.6 Å². The topological polar surface area (TPSA) is 32.3 Å². The first kappa shape index (κ1) is 18.2. The van der Waals surface area contributed by atoms with Crippen molar-refractivity contribution in [2.24, 2.45) is 0 Å². The molecule has 1 N–H and O–H groups in total. The van der Waals surface area contributed by atoms with E-state index >= 15 is 0 Å². The summed E-state index contributed by atoms with van der Waals surface area (Å²) in [6.45, 7) is 14.2. The molecule has 0 aromatic rings. The summed E-state index contributed by atoms with van der Waals surface area (Å²) >= 11 is 0. The molecule has 3 nitrogen and oxygen atoms in total. The second-order valence-corrected chi connectivity index (χ2v) is 5.30. The van der Waals surface area contributed by atoms with Crippen LogP contribution >= 0.6 is 0 Å². The van der Waals surface area contributed by atoms with Crippen molar-refractivity contribution in [1.82, 2.24) is 10.2 Å². The molecule has 0 rings (SSSR count). The number of hydrogen-bond donors (Lipinski definition) is 1. The highest BCUT2D eigenvalue weighted by molar-refractivity contribution is 5.92. The zero-order valence-corrected chi connectivity index (χ0v) is 13.3. The highest BCUT2D eigenvalue weighted by Crippen LogP contribution is 2.09. The summed E-state index contributed by atoms with van der Waals surface area (Å²) in [4.78, 5) is 14.3. The maximum absolute atomic E-state index is 11.8. The predicted molar refractivity (Wildman–Crippen MR) is 83.0 cm³/mol. The first-order valence-electron chi connectivity index (χ1n) is 7.77. The lowest BCUT2D eigenvalue weighted by Gasteiger charge is -2.32. The first-order valence-corrected chi connectivity index (χ1v) is 7.77. The number of amides is 1. The highest BCUT2D eigenvalue weighted by atomic mass is 16.1. The van der Waals surface area contributed by atoms with Crippen LogP contribution in [0.5, 0.6) is 0 Å². The van der Waals surface area contributed by atoms with Crippen molar-refractivity contribution < 1.29 is 4.79 Å². The summed E-state index contributed by atoms with van der Waals surface area (Å²) in [6, 6.07) is 0. The van der Waals surface area contributed by atoms with Crippen molar-refractivity contribution in [3.63, 3.8) is 0 Å². The second-order valence-electron chi connectivity index (χ2n) is 5.30. The van der Waals surface area contributed by atoms with Crippen molar-refractivity contribution in [2.75, 3.05) is 13.1 Å². The third-order valence-electron chi connectivity index (χ3n) is 3.29. The Balaban J connectivity index is 4.61. The normalized spacial score (nSPS) is 12.5. The summed E-state index contributed by atoms with van der Waals surface area (Å²) in [5, 5.41) is 3.12. The molecular weight excluding hydrogens is 236 g/mol. The van der Waals surface area contributed by atoms with Crippen LogP contribution in [0.2, 0.25) is 0 Å². The Morgan fingerprint density at radius 2 is 1.63 bits per heavy atom. The zero-order valence-electron chi connectivity index (χ0n) is 13.3. The van der Waals surface area contributed by atoms with Crippen molar-refractivity contribution in [3.8, 4) is 0 Å². The van der Waals surface area contributed by atoms with Gasteiger partial charge in [-0.2, -0.15) is 0 Å². The molecule has 0 bridgehead atoms. The van der Waals surface area contributed by atoms with E-state index in [0.29, 0.717) is 5.57 Å². The zero-order chi connectivity index (χ0) is 14.7. The van der Waals surface area contributed by atoms with Crippen molar-refractivity contribution in [1.29, 1.82) is 0 Å². The smallest absolute Gasteiger partial charge is 0.247 e. The van der Waals surface area contributed by atoms with Gasteiger partial charge in [0.1, 0.15) is 0 Å². The number of unbranched alkanes of at least 4 members (excludes halogenated alkanes) is 2. The largest absolute Gasteiger partial charge is 0.337 e. The van der Waals surface area contributed by atoms with E-state index in [9.17, 15) is 4.79 Å². The van der Waals surface area contributed by atoms with Crippen molar-refractivity contribution in [2.45, 2.75) is 72.4 Å². The molecule has 1 atom stereocenters. The number of carbonyl (C=O) groups excluding carboxylic acids is 1. The molecule has 0 spiro atoms. The van der Waals surface area contributed by atoms with Crippen molar-refractivity contribution >= 4 is 5.91 Å². The Hall–Kier alpha value is -0.830. The van der Waals surface area contributed by atoms with E-state index in [1.54, 1.807) is 6.92 Å². The molecule has 0 aromatic heterocycles. The number of carbonyl (C=O) groups is 1. The quantitative estimate of drug-likeness (QED) is 0.458. The van der Waals surface area contributed by atoms with Crippen LogP contribution in [-0.2, 0) is 4.79 Å². The van der Waals surface area contributed by atoms with E-state index in [1.165, 1.54) is 25.7 Å². The molecule has 19 heavy (non-hydrogen) atoms. The molecule has 0 fully saturated rings. The molecule has 0 heterocycles. The number of nitrogens with one attached hydrogen (secondary N) is 1. The van der Waals surface area contributed by atoms with Gasteiger partial charge in [0.15, 0.2) is 0 Å². The Kier molecular flexibility index (Phi) is 10.6. The standard InChI is InChI=1S/C16H32N2O/c1-6-9-12-18(13-10-7-2)15(11-8-3)17-16(19)14(4)5/h15H,4,6-13H2,1-3,5H3,(H,17,19). The molecule has 112 valence electrons. The lowest BCUT2D eigenvalue weighted by atomic mass is 10.2. The highest BCUT2D eigenvalue weighted by Gasteiger charge is 2.19. The second kappa shape index (κ2) is 11.0. The molecule has 1 unspecified atom stereocenters. The van der Waals surface area contributed by atoms with E-state index in [-0.39, 0.29) is 12.1 Å². The lowest BCUT2D eigenvalue weighted by Crippen LogP contribution is -2.49. The van der Waals surface area contributed by atoms with E-state index in [1.807, 2.05) is 0 Å². The van der Waals surface area contributed by atoms with Gasteiger partial charge in [-0.05, 0) is 26.2 Å². The third kappa shape index (κ3) is 8.04. The molecule has 0 aliphatic rings. The van der Waals surface area contributed by atoms with Crippen molar-refractivity contribution in [3.05, 3.63) is 12.2 Å². The SMILES string of the molecule is C=C(C)C(=O)NC(CCC)N(CCCC)CCCC. The molecular formula is C16H32N2O. The van der Waals surface area contributed by atoms with Gasteiger partial charge in [0.05, 0.1) is 6.17 Å². The van der Waals surface area contributed by atoms with E-state index < -0.39 is 0 Å². The van der Waals surface area contributed by atoms with Gasteiger partial charge < -0.3 is 5.32 Å². The Morgan fingerprint density at radius 1 is 1.11 bits per heavy atom. The van der Waals surface area contributed by atoms with Crippen LogP contribution in [0.25, 0.3) is 0 Å². The molecule has 0 aliphatic carbocycles. The van der Waals surface area contributed by atoms with Crippen LogP contribution in [0.15, 0.2) is 12.2 Å². The minimum atomic E-state index is -0.0172. The van der Waals surface area contributed by atoms with E-state index in [4.69, 9.17) is 0 Å². The number of nitrogens with zero attached hydrogens (tertiary/aromatic N) is 1.